The molecule has 0 heterocycles. The van der Waals surface area contributed by atoms with E-state index in [9.17, 15) is 0 Å². The van der Waals surface area contributed by atoms with Gasteiger partial charge in [0.25, 0.3) is 0 Å². The number of halogens is 1. The number of rotatable bonds is 5. The third kappa shape index (κ3) is 3.40. The second kappa shape index (κ2) is 8.15. The Morgan fingerprint density at radius 3 is 2.36 bits per heavy atom. The van der Waals surface area contributed by atoms with Gasteiger partial charge in [-0.3, -0.25) is 0 Å². The Hall–Kier alpha value is -0.820. The van der Waals surface area contributed by atoms with E-state index in [0.717, 1.165) is 18.5 Å². The van der Waals surface area contributed by atoms with Crippen LogP contribution in [0, 0.1) is 11.3 Å². The largest absolute Gasteiger partial charge is 0.380 e. The Bertz CT molecular complexity index is 488. The molecule has 1 fully saturated rings. The van der Waals surface area contributed by atoms with Crippen LogP contribution >= 0.6 is 24.0 Å². The summed E-state index contributed by atoms with van der Waals surface area (Å²) in [6.45, 7) is 6.62. The van der Waals surface area contributed by atoms with Crippen molar-refractivity contribution < 1.29 is 4.74 Å². The summed E-state index contributed by atoms with van der Waals surface area (Å²) >= 11 is 0. The van der Waals surface area contributed by atoms with E-state index in [4.69, 9.17) is 15.5 Å². The minimum absolute atomic E-state index is 0. The van der Waals surface area contributed by atoms with Gasteiger partial charge in [-0.2, -0.15) is 0 Å². The number of ether oxygens (including phenoxy) is 1. The highest BCUT2D eigenvalue weighted by molar-refractivity contribution is 14.0. The molecule has 1 aromatic carbocycles. The Balaban J connectivity index is 0.00000242. The van der Waals surface area contributed by atoms with E-state index in [-0.39, 0.29) is 41.5 Å². The topological polar surface area (TPSA) is 59.6 Å². The molecule has 0 saturated heterocycles. The van der Waals surface area contributed by atoms with Crippen molar-refractivity contribution in [3.8, 4) is 0 Å². The standard InChI is InChI=1S/C17H27N3O.HI/c1-5-17(6-2)14(12(3)15(17)21-4)20-16(18)19-13-10-8-7-9-11-13;/h7-12,14-15H,5-6H2,1-4H3,(H3,18,19,20);1H. The molecule has 1 aliphatic rings. The van der Waals surface area contributed by atoms with Crippen molar-refractivity contribution in [2.75, 3.05) is 12.4 Å². The van der Waals surface area contributed by atoms with E-state index < -0.39 is 0 Å². The average Bonchev–Trinajstić information content (AvgIpc) is 2.51. The van der Waals surface area contributed by atoms with Crippen LogP contribution in [0.1, 0.15) is 33.6 Å². The van der Waals surface area contributed by atoms with Gasteiger partial charge in [-0.15, -0.1) is 24.0 Å². The van der Waals surface area contributed by atoms with E-state index in [1.807, 2.05) is 30.3 Å². The third-order valence-electron chi connectivity index (χ3n) is 5.03. The fourth-order valence-electron chi connectivity index (χ4n) is 3.88. The number of nitrogens with one attached hydrogen (secondary N) is 1. The quantitative estimate of drug-likeness (QED) is 0.435. The summed E-state index contributed by atoms with van der Waals surface area (Å²) in [4.78, 5) is 4.76. The molecule has 0 amide bonds. The highest BCUT2D eigenvalue weighted by Gasteiger charge is 2.58. The van der Waals surface area contributed by atoms with Gasteiger partial charge in [0, 0.05) is 24.1 Å². The zero-order valence-corrected chi connectivity index (χ0v) is 16.2. The first-order valence-electron chi connectivity index (χ1n) is 7.77. The summed E-state index contributed by atoms with van der Waals surface area (Å²) in [5.74, 6) is 0.880. The summed E-state index contributed by atoms with van der Waals surface area (Å²) < 4.78 is 5.70. The summed E-state index contributed by atoms with van der Waals surface area (Å²) in [6.07, 6.45) is 2.38. The zero-order valence-electron chi connectivity index (χ0n) is 13.9. The van der Waals surface area contributed by atoms with Gasteiger partial charge < -0.3 is 15.8 Å². The lowest BCUT2D eigenvalue weighted by molar-refractivity contribution is -0.156. The number of nitrogens with zero attached hydrogens (tertiary/aromatic N) is 1. The number of hydrogen-bond donors (Lipinski definition) is 2. The number of nitrogens with two attached hydrogens (primary N) is 1. The number of benzene rings is 1. The van der Waals surface area contributed by atoms with Crippen molar-refractivity contribution in [1.82, 2.24) is 0 Å². The maximum Gasteiger partial charge on any atom is 0.193 e. The van der Waals surface area contributed by atoms with Crippen LogP contribution in [0.3, 0.4) is 0 Å². The summed E-state index contributed by atoms with van der Waals surface area (Å²) in [5.41, 5.74) is 7.17. The van der Waals surface area contributed by atoms with Crippen molar-refractivity contribution >= 4 is 35.6 Å². The smallest absolute Gasteiger partial charge is 0.193 e. The molecule has 0 aliphatic heterocycles. The van der Waals surface area contributed by atoms with Crippen molar-refractivity contribution in [1.29, 1.82) is 0 Å². The van der Waals surface area contributed by atoms with Gasteiger partial charge in [0.05, 0.1) is 12.1 Å². The fourth-order valence-corrected chi connectivity index (χ4v) is 3.88. The first-order chi connectivity index (χ1) is 10.1. The van der Waals surface area contributed by atoms with Crippen LogP contribution in [0.25, 0.3) is 0 Å². The second-order valence-corrected chi connectivity index (χ2v) is 5.91. The van der Waals surface area contributed by atoms with Crippen molar-refractivity contribution in [2.24, 2.45) is 22.1 Å². The zero-order chi connectivity index (χ0) is 15.5. The summed E-state index contributed by atoms with van der Waals surface area (Å²) in [7, 11) is 1.80. The highest BCUT2D eigenvalue weighted by atomic mass is 127. The molecule has 0 bridgehead atoms. The van der Waals surface area contributed by atoms with Crippen LogP contribution in [0.5, 0.6) is 0 Å². The molecule has 0 spiro atoms. The van der Waals surface area contributed by atoms with Crippen molar-refractivity contribution in [3.05, 3.63) is 30.3 Å². The van der Waals surface area contributed by atoms with E-state index in [0.29, 0.717) is 11.9 Å². The minimum Gasteiger partial charge on any atom is -0.380 e. The van der Waals surface area contributed by atoms with Gasteiger partial charge in [-0.1, -0.05) is 39.0 Å². The monoisotopic (exact) mass is 417 g/mol. The number of aliphatic imine (C=N–C) groups is 1. The van der Waals surface area contributed by atoms with Gasteiger partial charge in [-0.25, -0.2) is 4.99 Å². The van der Waals surface area contributed by atoms with Crippen LogP contribution in [-0.2, 0) is 4.74 Å². The minimum atomic E-state index is 0. The first kappa shape index (κ1) is 19.2. The molecule has 1 aliphatic carbocycles. The molecule has 3 unspecified atom stereocenters. The molecule has 1 aromatic rings. The molecule has 3 N–H and O–H groups in total. The SMILES string of the molecule is CCC1(CC)C(N=C(N)Nc2ccccc2)C(C)C1OC.I. The molecular formula is C17H28IN3O. The first-order valence-corrected chi connectivity index (χ1v) is 7.77. The molecule has 3 atom stereocenters. The second-order valence-electron chi connectivity index (χ2n) is 5.91. The molecule has 22 heavy (non-hydrogen) atoms. The molecule has 1 saturated carbocycles. The third-order valence-corrected chi connectivity index (χ3v) is 5.03. The van der Waals surface area contributed by atoms with Crippen molar-refractivity contribution in [2.45, 2.75) is 45.8 Å². The lowest BCUT2D eigenvalue weighted by atomic mass is 9.53. The number of anilines is 1. The predicted octanol–water partition coefficient (Wildman–Crippen LogP) is 3.87. The fraction of sp³-hybridized carbons (Fsp3) is 0.588. The Morgan fingerprint density at radius 1 is 1.27 bits per heavy atom. The Kier molecular flexibility index (Phi) is 7.12. The lowest BCUT2D eigenvalue weighted by Gasteiger charge is -2.57. The maximum atomic E-state index is 6.09. The maximum absolute atomic E-state index is 6.09. The molecule has 5 heteroatoms. The number of para-hydroxylation sites is 1. The Morgan fingerprint density at radius 2 is 1.86 bits per heavy atom. The average molecular weight is 417 g/mol. The molecule has 2 rings (SSSR count). The molecule has 124 valence electrons. The number of hydrogen-bond acceptors (Lipinski definition) is 2. The van der Waals surface area contributed by atoms with Gasteiger partial charge >= 0.3 is 0 Å². The predicted molar refractivity (Wildman–Crippen MR) is 104 cm³/mol. The molecule has 0 radical (unpaired) electrons. The van der Waals surface area contributed by atoms with Gasteiger partial charge in [-0.05, 0) is 25.0 Å². The van der Waals surface area contributed by atoms with Gasteiger partial charge in [0.15, 0.2) is 5.96 Å². The van der Waals surface area contributed by atoms with Gasteiger partial charge in [0.1, 0.15) is 0 Å². The van der Waals surface area contributed by atoms with E-state index in [2.05, 4.69) is 26.1 Å². The van der Waals surface area contributed by atoms with Crippen LogP contribution < -0.4 is 11.1 Å². The van der Waals surface area contributed by atoms with Crippen LogP contribution in [0.2, 0.25) is 0 Å². The van der Waals surface area contributed by atoms with E-state index >= 15 is 0 Å². The van der Waals surface area contributed by atoms with Crippen LogP contribution in [-0.4, -0.2) is 25.2 Å². The van der Waals surface area contributed by atoms with Crippen LogP contribution in [0.15, 0.2) is 35.3 Å². The number of guanidine groups is 1. The normalized spacial score (nSPS) is 26.7. The summed E-state index contributed by atoms with van der Waals surface area (Å²) in [5, 5.41) is 3.17. The Labute approximate surface area is 150 Å². The molecule has 4 nitrogen and oxygen atoms in total. The van der Waals surface area contributed by atoms with Gasteiger partial charge in [0.2, 0.25) is 0 Å². The highest BCUT2D eigenvalue weighted by Crippen LogP contribution is 2.54. The number of methoxy groups -OCH3 is 1. The van der Waals surface area contributed by atoms with E-state index in [1.165, 1.54) is 0 Å². The molecular weight excluding hydrogens is 389 g/mol. The van der Waals surface area contributed by atoms with Crippen molar-refractivity contribution in [3.63, 3.8) is 0 Å². The lowest BCUT2D eigenvalue weighted by Crippen LogP contribution is -2.63. The van der Waals surface area contributed by atoms with E-state index in [1.54, 1.807) is 7.11 Å². The molecule has 0 aromatic heterocycles. The summed E-state index contributed by atoms with van der Waals surface area (Å²) in [6, 6.07) is 10.1. The van der Waals surface area contributed by atoms with Crippen LogP contribution in [0.4, 0.5) is 5.69 Å².